The van der Waals surface area contributed by atoms with Crippen LogP contribution >= 0.6 is 11.3 Å². The number of thiazole rings is 1. The molecule has 1 fully saturated rings. The zero-order chi connectivity index (χ0) is 21.8. The lowest BCUT2D eigenvalue weighted by atomic mass is 10.1. The summed E-state index contributed by atoms with van der Waals surface area (Å²) >= 11 is 1.49. The Morgan fingerprint density at radius 1 is 1.10 bits per heavy atom. The largest absolute Gasteiger partial charge is 0.497 e. The molecule has 1 aromatic heterocycles. The number of rotatable bonds is 9. The lowest BCUT2D eigenvalue weighted by molar-refractivity contribution is 0.0519. The molecule has 0 atom stereocenters. The molecule has 7 heteroatoms. The molecule has 4 rings (SSSR count). The van der Waals surface area contributed by atoms with Crippen LogP contribution in [0.15, 0.2) is 48.5 Å². The maximum Gasteiger partial charge on any atom is 0.358 e. The molecule has 0 radical (unpaired) electrons. The van der Waals surface area contributed by atoms with Crippen LogP contribution in [0.3, 0.4) is 0 Å². The van der Waals surface area contributed by atoms with Crippen LogP contribution in [0, 0.1) is 0 Å². The van der Waals surface area contributed by atoms with E-state index in [-0.39, 0.29) is 5.54 Å². The van der Waals surface area contributed by atoms with Crippen molar-refractivity contribution >= 4 is 22.4 Å². The molecular formula is C24H26N2O4S. The molecule has 6 nitrogen and oxygen atoms in total. The number of methoxy groups -OCH3 is 2. The van der Waals surface area contributed by atoms with Crippen molar-refractivity contribution in [3.05, 3.63) is 70.2 Å². The molecule has 0 saturated heterocycles. The fraction of sp³-hybridized carbons (Fsp3) is 0.333. The van der Waals surface area contributed by atoms with Gasteiger partial charge in [0.15, 0.2) is 10.8 Å². The third-order valence-electron chi connectivity index (χ3n) is 5.45. The molecule has 0 bridgehead atoms. The minimum atomic E-state index is -0.397. The van der Waals surface area contributed by atoms with E-state index in [4.69, 9.17) is 14.2 Å². The fourth-order valence-corrected chi connectivity index (χ4v) is 4.70. The molecule has 1 N–H and O–H groups in total. The average molecular weight is 439 g/mol. The van der Waals surface area contributed by atoms with Gasteiger partial charge in [0.2, 0.25) is 0 Å². The lowest BCUT2D eigenvalue weighted by Crippen LogP contribution is -2.18. The third kappa shape index (κ3) is 4.51. The van der Waals surface area contributed by atoms with Gasteiger partial charge >= 0.3 is 5.97 Å². The molecule has 3 aromatic rings. The van der Waals surface area contributed by atoms with Crippen LogP contribution in [0.25, 0.3) is 0 Å². The van der Waals surface area contributed by atoms with Gasteiger partial charge in [0, 0.05) is 11.3 Å². The van der Waals surface area contributed by atoms with Gasteiger partial charge in [-0.2, -0.15) is 0 Å². The number of para-hydroxylation sites is 1. The number of hydrogen-bond acceptors (Lipinski definition) is 7. The standard InChI is InChI=1S/C24H26N2O4S/c1-4-30-22(27)21-20(15-16-7-5-6-8-19(16)29-3)31-23(25-21)26-24(13-14-24)17-9-11-18(28-2)12-10-17/h5-12H,4,13-15H2,1-3H3,(H,25,26). The lowest BCUT2D eigenvalue weighted by Gasteiger charge is -2.17. The van der Waals surface area contributed by atoms with Gasteiger partial charge in [-0.05, 0) is 49.1 Å². The first kappa shape index (κ1) is 21.2. The Kier molecular flexibility index (Phi) is 6.13. The minimum Gasteiger partial charge on any atom is -0.497 e. The van der Waals surface area contributed by atoms with Gasteiger partial charge in [-0.1, -0.05) is 30.3 Å². The maximum atomic E-state index is 12.6. The van der Waals surface area contributed by atoms with E-state index in [0.29, 0.717) is 18.7 Å². The zero-order valence-electron chi connectivity index (χ0n) is 17.9. The Morgan fingerprint density at radius 3 is 2.48 bits per heavy atom. The van der Waals surface area contributed by atoms with Crippen LogP contribution < -0.4 is 14.8 Å². The van der Waals surface area contributed by atoms with Crippen molar-refractivity contribution in [3.8, 4) is 11.5 Å². The van der Waals surface area contributed by atoms with E-state index in [2.05, 4.69) is 22.4 Å². The van der Waals surface area contributed by atoms with E-state index in [1.165, 1.54) is 16.9 Å². The van der Waals surface area contributed by atoms with Crippen molar-refractivity contribution in [3.63, 3.8) is 0 Å². The van der Waals surface area contributed by atoms with Crippen LogP contribution in [-0.2, 0) is 16.7 Å². The van der Waals surface area contributed by atoms with Gasteiger partial charge in [0.05, 0.1) is 26.4 Å². The van der Waals surface area contributed by atoms with E-state index in [9.17, 15) is 4.79 Å². The number of aromatic nitrogens is 1. The smallest absolute Gasteiger partial charge is 0.358 e. The van der Waals surface area contributed by atoms with Crippen LogP contribution in [0.4, 0.5) is 5.13 Å². The average Bonchev–Trinajstić information content (AvgIpc) is 3.47. The molecular weight excluding hydrogens is 412 g/mol. The topological polar surface area (TPSA) is 69.7 Å². The highest BCUT2D eigenvalue weighted by Gasteiger charge is 2.45. The SMILES string of the molecule is CCOC(=O)c1nc(NC2(c3ccc(OC)cc3)CC2)sc1Cc1ccccc1OC. The predicted octanol–water partition coefficient (Wildman–Crippen LogP) is 5.03. The van der Waals surface area contributed by atoms with Crippen molar-refractivity contribution in [1.29, 1.82) is 0 Å². The summed E-state index contributed by atoms with van der Waals surface area (Å²) in [6, 6.07) is 15.9. The number of nitrogens with zero attached hydrogens (tertiary/aromatic N) is 1. The second-order valence-corrected chi connectivity index (χ2v) is 8.52. The molecule has 0 aliphatic heterocycles. The monoisotopic (exact) mass is 438 g/mol. The van der Waals surface area contributed by atoms with Crippen LogP contribution in [0.1, 0.15) is 46.3 Å². The highest BCUT2D eigenvalue weighted by Crippen LogP contribution is 2.49. The van der Waals surface area contributed by atoms with Gasteiger partial charge in [-0.25, -0.2) is 9.78 Å². The summed E-state index contributed by atoms with van der Waals surface area (Å²) in [5.74, 6) is 1.22. The molecule has 0 unspecified atom stereocenters. The van der Waals surface area contributed by atoms with Crippen molar-refractivity contribution in [2.24, 2.45) is 0 Å². The van der Waals surface area contributed by atoms with E-state index in [1.807, 2.05) is 36.4 Å². The quantitative estimate of drug-likeness (QED) is 0.473. The molecule has 1 aliphatic rings. The Morgan fingerprint density at radius 2 is 1.84 bits per heavy atom. The number of ether oxygens (including phenoxy) is 3. The minimum absolute atomic E-state index is 0.155. The number of benzene rings is 2. The molecule has 1 heterocycles. The van der Waals surface area contributed by atoms with Gasteiger partial charge in [0.1, 0.15) is 11.5 Å². The first-order valence-corrected chi connectivity index (χ1v) is 11.1. The van der Waals surface area contributed by atoms with E-state index < -0.39 is 5.97 Å². The summed E-state index contributed by atoms with van der Waals surface area (Å²) in [6.45, 7) is 2.11. The molecule has 1 saturated carbocycles. The van der Waals surface area contributed by atoms with Crippen molar-refractivity contribution in [2.75, 3.05) is 26.1 Å². The first-order valence-electron chi connectivity index (χ1n) is 10.3. The summed E-state index contributed by atoms with van der Waals surface area (Å²) in [6.07, 6.45) is 2.57. The van der Waals surface area contributed by atoms with Crippen LogP contribution in [0.5, 0.6) is 11.5 Å². The maximum absolute atomic E-state index is 12.6. The Labute approximate surface area is 186 Å². The molecule has 2 aromatic carbocycles. The predicted molar refractivity (Wildman–Crippen MR) is 121 cm³/mol. The van der Waals surface area contributed by atoms with E-state index >= 15 is 0 Å². The molecule has 0 amide bonds. The Bertz CT molecular complexity index is 1060. The third-order valence-corrected chi connectivity index (χ3v) is 6.42. The zero-order valence-corrected chi connectivity index (χ0v) is 18.8. The van der Waals surface area contributed by atoms with Crippen LogP contribution in [-0.4, -0.2) is 31.8 Å². The summed E-state index contributed by atoms with van der Waals surface area (Å²) in [4.78, 5) is 18.1. The summed E-state index contributed by atoms with van der Waals surface area (Å²) in [7, 11) is 3.31. The number of carbonyl (C=O) groups excluding carboxylic acids is 1. The van der Waals surface area contributed by atoms with E-state index in [0.717, 1.165) is 39.9 Å². The van der Waals surface area contributed by atoms with Crippen molar-refractivity contribution < 1.29 is 19.0 Å². The van der Waals surface area contributed by atoms with Crippen molar-refractivity contribution in [1.82, 2.24) is 4.98 Å². The second kappa shape index (κ2) is 8.98. The highest BCUT2D eigenvalue weighted by atomic mass is 32.1. The normalized spacial score (nSPS) is 14.0. The summed E-state index contributed by atoms with van der Waals surface area (Å²) < 4.78 is 16.0. The fourth-order valence-electron chi connectivity index (χ4n) is 3.63. The van der Waals surface area contributed by atoms with Gasteiger partial charge in [0.25, 0.3) is 0 Å². The van der Waals surface area contributed by atoms with E-state index in [1.54, 1.807) is 21.1 Å². The molecule has 0 spiro atoms. The number of esters is 1. The molecule has 1 aliphatic carbocycles. The van der Waals surface area contributed by atoms with Gasteiger partial charge in [-0.15, -0.1) is 11.3 Å². The number of hydrogen-bond donors (Lipinski definition) is 1. The van der Waals surface area contributed by atoms with Gasteiger partial charge in [-0.3, -0.25) is 0 Å². The highest BCUT2D eigenvalue weighted by molar-refractivity contribution is 7.15. The first-order chi connectivity index (χ1) is 15.1. The molecule has 31 heavy (non-hydrogen) atoms. The number of carbonyl (C=O) groups is 1. The number of nitrogens with one attached hydrogen (secondary N) is 1. The Balaban J connectivity index is 1.62. The Hall–Kier alpha value is -3.06. The van der Waals surface area contributed by atoms with Gasteiger partial charge < -0.3 is 19.5 Å². The van der Waals surface area contributed by atoms with Crippen LogP contribution in [0.2, 0.25) is 0 Å². The summed E-state index contributed by atoms with van der Waals surface area (Å²) in [5, 5.41) is 4.31. The molecule has 162 valence electrons. The summed E-state index contributed by atoms with van der Waals surface area (Å²) in [5.41, 5.74) is 2.40. The van der Waals surface area contributed by atoms with Crippen molar-refractivity contribution in [2.45, 2.75) is 31.7 Å². The number of anilines is 1. The second-order valence-electron chi connectivity index (χ2n) is 7.44.